The molecule has 0 amide bonds. The van der Waals surface area contributed by atoms with E-state index in [1.165, 1.54) is 26.9 Å². The highest BCUT2D eigenvalue weighted by atomic mass is 35.5. The normalized spacial score (nSPS) is 11.4. The molecule has 40 heavy (non-hydrogen) atoms. The van der Waals surface area contributed by atoms with Gasteiger partial charge in [0, 0.05) is 32.5 Å². The second-order valence-corrected chi connectivity index (χ2v) is 13.0. The van der Waals surface area contributed by atoms with Crippen molar-refractivity contribution in [2.75, 3.05) is 5.34 Å². The Hall–Kier alpha value is -3.36. The molecule has 3 nitrogen and oxygen atoms in total. The molecule has 2 heterocycles. The van der Waals surface area contributed by atoms with Crippen LogP contribution in [0.25, 0.3) is 33.1 Å². The number of pyridine rings is 1. The number of aromatic nitrogens is 2. The summed E-state index contributed by atoms with van der Waals surface area (Å²) >= 11 is 9.53. The number of hydrogen-bond donors (Lipinski definition) is 1. The van der Waals surface area contributed by atoms with E-state index in [-0.39, 0.29) is 10.8 Å². The first kappa shape index (κ1) is 28.2. The van der Waals surface area contributed by atoms with Crippen molar-refractivity contribution in [2.45, 2.75) is 26.2 Å². The summed E-state index contributed by atoms with van der Waals surface area (Å²) < 4.78 is 6.60. The Kier molecular flexibility index (Phi) is 8.76. The molecule has 0 spiro atoms. The molecule has 0 aliphatic rings. The second-order valence-electron chi connectivity index (χ2n) is 10.4. The van der Waals surface area contributed by atoms with Gasteiger partial charge in [0.1, 0.15) is 5.75 Å². The standard InChI is InChI=1S/C33H29N2OP.CH2Cl2/c1-33(2,3)28-20-19-27-26-16-10-11-17-29(26)35-32(27)31(28)30-21-18-23(22-34-30)36-37(24-12-6-4-7-13-24)25-14-8-5-9-15-25;2-1-3/h4-22,35H,1-3H3;1H2. The third kappa shape index (κ3) is 6.03. The third-order valence-corrected chi connectivity index (χ3v) is 8.59. The van der Waals surface area contributed by atoms with Crippen molar-refractivity contribution in [1.29, 1.82) is 0 Å². The van der Waals surface area contributed by atoms with Crippen molar-refractivity contribution in [3.05, 3.63) is 121 Å². The van der Waals surface area contributed by atoms with E-state index in [1.807, 2.05) is 18.3 Å². The molecule has 0 saturated carbocycles. The van der Waals surface area contributed by atoms with Crippen LogP contribution in [0.4, 0.5) is 0 Å². The van der Waals surface area contributed by atoms with Crippen molar-refractivity contribution < 1.29 is 4.52 Å². The Bertz CT molecular complexity index is 1660. The van der Waals surface area contributed by atoms with Crippen LogP contribution >= 0.6 is 31.4 Å². The van der Waals surface area contributed by atoms with Crippen LogP contribution in [0.1, 0.15) is 26.3 Å². The summed E-state index contributed by atoms with van der Waals surface area (Å²) in [6.07, 6.45) is 1.87. The minimum absolute atomic E-state index is 0.0351. The lowest BCUT2D eigenvalue weighted by Crippen LogP contribution is -2.15. The zero-order valence-electron chi connectivity index (χ0n) is 22.7. The van der Waals surface area contributed by atoms with Crippen molar-refractivity contribution >= 4 is 63.8 Å². The minimum Gasteiger partial charge on any atom is -0.463 e. The number of alkyl halides is 2. The maximum absolute atomic E-state index is 6.60. The molecule has 0 bridgehead atoms. The fourth-order valence-corrected chi connectivity index (χ4v) is 6.59. The number of benzene rings is 4. The summed E-state index contributed by atoms with van der Waals surface area (Å²) in [5.74, 6) is 0.767. The number of nitrogens with one attached hydrogen (secondary N) is 1. The van der Waals surface area contributed by atoms with E-state index in [9.17, 15) is 0 Å². The van der Waals surface area contributed by atoms with E-state index in [1.54, 1.807) is 0 Å². The monoisotopic (exact) mass is 584 g/mol. The molecule has 0 aliphatic heterocycles. The van der Waals surface area contributed by atoms with E-state index in [0.29, 0.717) is 0 Å². The lowest BCUT2D eigenvalue weighted by molar-refractivity contribution is 0.592. The van der Waals surface area contributed by atoms with Gasteiger partial charge in [-0.1, -0.05) is 112 Å². The largest absolute Gasteiger partial charge is 0.463 e. The van der Waals surface area contributed by atoms with Gasteiger partial charge in [0.05, 0.1) is 22.7 Å². The van der Waals surface area contributed by atoms with Crippen molar-refractivity contribution in [3.8, 4) is 17.0 Å². The van der Waals surface area contributed by atoms with E-state index < -0.39 is 8.15 Å². The van der Waals surface area contributed by atoms with E-state index in [0.717, 1.165) is 28.0 Å². The van der Waals surface area contributed by atoms with Crippen LogP contribution < -0.4 is 15.1 Å². The zero-order chi connectivity index (χ0) is 28.1. The Morgan fingerprint density at radius 2 is 1.32 bits per heavy atom. The average Bonchev–Trinajstić information content (AvgIpc) is 3.36. The van der Waals surface area contributed by atoms with Gasteiger partial charge in [-0.15, -0.1) is 23.2 Å². The SMILES string of the molecule is CC(C)(C)c1ccc2c([nH]c3ccccc32)c1-c1ccc(OP(c2ccccc2)c2ccccc2)cn1.ClCCl. The van der Waals surface area contributed by atoms with Crippen LogP contribution in [0.2, 0.25) is 0 Å². The molecular weight excluding hydrogens is 554 g/mol. The summed E-state index contributed by atoms with van der Waals surface area (Å²) in [6, 6.07) is 38.0. The molecular formula is C34H31Cl2N2OP. The van der Waals surface area contributed by atoms with Crippen LogP contribution in [0.15, 0.2) is 115 Å². The predicted octanol–water partition coefficient (Wildman–Crippen LogP) is 9.53. The van der Waals surface area contributed by atoms with Gasteiger partial charge in [-0.05, 0) is 29.2 Å². The third-order valence-electron chi connectivity index (χ3n) is 6.66. The van der Waals surface area contributed by atoms with Crippen LogP contribution in [-0.2, 0) is 5.41 Å². The molecule has 202 valence electrons. The van der Waals surface area contributed by atoms with Gasteiger partial charge in [-0.25, -0.2) is 0 Å². The molecule has 0 unspecified atom stereocenters. The Morgan fingerprint density at radius 1 is 0.725 bits per heavy atom. The molecule has 1 N–H and O–H groups in total. The first-order valence-corrected chi connectivity index (χ1v) is 15.4. The molecule has 0 fully saturated rings. The van der Waals surface area contributed by atoms with Gasteiger partial charge in [0.25, 0.3) is 0 Å². The molecule has 6 aromatic rings. The maximum atomic E-state index is 6.60. The Morgan fingerprint density at radius 3 is 1.90 bits per heavy atom. The first-order chi connectivity index (χ1) is 19.4. The number of halogens is 2. The number of fused-ring (bicyclic) bond motifs is 3. The first-order valence-electron chi connectivity index (χ1n) is 13.1. The van der Waals surface area contributed by atoms with E-state index in [4.69, 9.17) is 32.7 Å². The van der Waals surface area contributed by atoms with Gasteiger partial charge >= 0.3 is 0 Å². The van der Waals surface area contributed by atoms with Gasteiger partial charge in [-0.3, -0.25) is 4.98 Å². The number of rotatable bonds is 5. The quantitative estimate of drug-likeness (QED) is 0.162. The summed E-state index contributed by atoms with van der Waals surface area (Å²) in [6.45, 7) is 6.76. The highest BCUT2D eigenvalue weighted by Crippen LogP contribution is 2.41. The second kappa shape index (κ2) is 12.4. The molecule has 4 aromatic carbocycles. The summed E-state index contributed by atoms with van der Waals surface area (Å²) in [5, 5.41) is 4.99. The summed E-state index contributed by atoms with van der Waals surface area (Å²) in [7, 11) is -1.00. The molecule has 0 saturated heterocycles. The smallest absolute Gasteiger partial charge is 0.150 e. The Balaban J connectivity index is 0.00000103. The van der Waals surface area contributed by atoms with Gasteiger partial charge in [0.2, 0.25) is 0 Å². The molecule has 2 aromatic heterocycles. The summed E-state index contributed by atoms with van der Waals surface area (Å²) in [5.41, 5.74) is 5.60. The number of aromatic amines is 1. The van der Waals surface area contributed by atoms with Crippen molar-refractivity contribution in [1.82, 2.24) is 9.97 Å². The fourth-order valence-electron chi connectivity index (χ4n) is 4.88. The molecule has 0 atom stereocenters. The van der Waals surface area contributed by atoms with Gasteiger partial charge in [-0.2, -0.15) is 0 Å². The van der Waals surface area contributed by atoms with Gasteiger partial charge in [0.15, 0.2) is 8.15 Å². The lowest BCUT2D eigenvalue weighted by atomic mass is 9.82. The summed E-state index contributed by atoms with van der Waals surface area (Å²) in [4.78, 5) is 8.63. The predicted molar refractivity (Wildman–Crippen MR) is 174 cm³/mol. The molecule has 0 aliphatic carbocycles. The van der Waals surface area contributed by atoms with Gasteiger partial charge < -0.3 is 9.51 Å². The number of nitrogens with zero attached hydrogens (tertiary/aromatic N) is 1. The van der Waals surface area contributed by atoms with Crippen LogP contribution in [0.5, 0.6) is 5.75 Å². The van der Waals surface area contributed by atoms with E-state index >= 15 is 0 Å². The van der Waals surface area contributed by atoms with Crippen LogP contribution in [0.3, 0.4) is 0 Å². The highest BCUT2D eigenvalue weighted by molar-refractivity contribution is 7.68. The lowest BCUT2D eigenvalue weighted by Gasteiger charge is -2.24. The van der Waals surface area contributed by atoms with Crippen molar-refractivity contribution in [3.63, 3.8) is 0 Å². The molecule has 6 rings (SSSR count). The number of para-hydroxylation sites is 1. The minimum atomic E-state index is -1.00. The maximum Gasteiger partial charge on any atom is 0.150 e. The zero-order valence-corrected chi connectivity index (χ0v) is 25.1. The molecule has 6 heteroatoms. The van der Waals surface area contributed by atoms with E-state index in [2.05, 4.69) is 123 Å². The highest BCUT2D eigenvalue weighted by Gasteiger charge is 2.24. The number of hydrogen-bond acceptors (Lipinski definition) is 2. The topological polar surface area (TPSA) is 37.9 Å². The van der Waals surface area contributed by atoms with Crippen LogP contribution in [0, 0.1) is 0 Å². The fraction of sp³-hybridized carbons (Fsp3) is 0.147. The Labute approximate surface area is 247 Å². The number of H-pyrrole nitrogens is 1. The van der Waals surface area contributed by atoms with Crippen LogP contribution in [-0.4, -0.2) is 15.3 Å². The average molecular weight is 586 g/mol. The van der Waals surface area contributed by atoms with Crippen molar-refractivity contribution in [2.24, 2.45) is 0 Å². The molecule has 0 radical (unpaired) electrons.